The fourth-order valence-electron chi connectivity index (χ4n) is 1.98. The van der Waals surface area contributed by atoms with Crippen molar-refractivity contribution in [3.05, 3.63) is 0 Å². The zero-order chi connectivity index (χ0) is 14.7. The third-order valence-electron chi connectivity index (χ3n) is 3.99. The van der Waals surface area contributed by atoms with Gasteiger partial charge in [-0.3, -0.25) is 0 Å². The molecule has 114 valence electrons. The van der Waals surface area contributed by atoms with Gasteiger partial charge in [0.2, 0.25) is 0 Å². The van der Waals surface area contributed by atoms with Gasteiger partial charge in [-0.05, 0) is 40.8 Å². The van der Waals surface area contributed by atoms with Crippen molar-refractivity contribution in [2.24, 2.45) is 0 Å². The summed E-state index contributed by atoms with van der Waals surface area (Å²) in [7, 11) is 0.330. The molecule has 1 unspecified atom stereocenters. The van der Waals surface area contributed by atoms with E-state index in [9.17, 15) is 13.5 Å². The van der Waals surface area contributed by atoms with Crippen LogP contribution >= 0.6 is 0 Å². The number of hydrogen-bond donors (Lipinski definition) is 2. The average Bonchev–Trinajstić information content (AvgIpc) is 2.36. The minimum atomic E-state index is -3.51. The number of hydrogen-bond acceptors (Lipinski definition) is 4. The molecule has 1 heterocycles. The molecule has 0 amide bonds. The van der Waals surface area contributed by atoms with E-state index in [0.717, 1.165) is 19.3 Å². The third kappa shape index (κ3) is 4.39. The molecule has 0 radical (unpaired) electrons. The van der Waals surface area contributed by atoms with Crippen LogP contribution in [0.3, 0.4) is 0 Å². The van der Waals surface area contributed by atoms with E-state index in [1.54, 1.807) is 0 Å². The second kappa shape index (κ2) is 6.49. The van der Waals surface area contributed by atoms with Crippen molar-refractivity contribution in [1.29, 1.82) is 0 Å². The lowest BCUT2D eigenvalue weighted by Gasteiger charge is -2.36. The molecule has 1 saturated heterocycles. The standard InChI is InChI=1S/C12H27N3O3S/c1-12(2,14(3)4)10-13-19(17,18)15-8-6-5-7-11(15)9-16/h11,13,16H,5-10H2,1-4H3. The molecule has 2 N–H and O–H groups in total. The molecule has 1 aliphatic rings. The third-order valence-corrected chi connectivity index (χ3v) is 5.60. The lowest BCUT2D eigenvalue weighted by atomic mass is 10.1. The van der Waals surface area contributed by atoms with Crippen molar-refractivity contribution >= 4 is 10.2 Å². The average molecular weight is 293 g/mol. The molecule has 7 heteroatoms. The Morgan fingerprint density at radius 2 is 2.00 bits per heavy atom. The van der Waals surface area contributed by atoms with Crippen LogP contribution in [0, 0.1) is 0 Å². The van der Waals surface area contributed by atoms with E-state index >= 15 is 0 Å². The molecule has 0 aliphatic carbocycles. The predicted octanol–water partition coefficient (Wildman–Crippen LogP) is 0.00780. The van der Waals surface area contributed by atoms with Crippen LogP contribution in [0.25, 0.3) is 0 Å². The summed E-state index contributed by atoms with van der Waals surface area (Å²) in [5, 5.41) is 9.30. The van der Waals surface area contributed by atoms with E-state index in [4.69, 9.17) is 0 Å². The molecule has 1 rings (SSSR count). The van der Waals surface area contributed by atoms with Gasteiger partial charge >= 0.3 is 0 Å². The highest BCUT2D eigenvalue weighted by molar-refractivity contribution is 7.87. The fourth-order valence-corrected chi connectivity index (χ4v) is 3.62. The van der Waals surface area contributed by atoms with Crippen LogP contribution in [-0.2, 0) is 10.2 Å². The zero-order valence-electron chi connectivity index (χ0n) is 12.4. The molecule has 0 bridgehead atoms. The molecule has 0 aromatic heterocycles. The van der Waals surface area contributed by atoms with E-state index in [-0.39, 0.29) is 18.2 Å². The summed E-state index contributed by atoms with van der Waals surface area (Å²) in [6, 6.07) is -0.284. The van der Waals surface area contributed by atoms with Crippen LogP contribution < -0.4 is 4.72 Å². The molecular formula is C12H27N3O3S. The number of aliphatic hydroxyl groups is 1. The molecule has 0 aromatic carbocycles. The molecule has 1 aliphatic heterocycles. The highest BCUT2D eigenvalue weighted by Gasteiger charge is 2.33. The Labute approximate surface area is 117 Å². The first-order chi connectivity index (χ1) is 8.70. The topological polar surface area (TPSA) is 72.9 Å². The van der Waals surface area contributed by atoms with Gasteiger partial charge in [0.25, 0.3) is 10.2 Å². The predicted molar refractivity (Wildman–Crippen MR) is 76.1 cm³/mol. The second-order valence-electron chi connectivity index (χ2n) is 5.98. The smallest absolute Gasteiger partial charge is 0.279 e. The maximum Gasteiger partial charge on any atom is 0.279 e. The van der Waals surface area contributed by atoms with Crippen molar-refractivity contribution in [3.63, 3.8) is 0 Å². The zero-order valence-corrected chi connectivity index (χ0v) is 13.2. The summed E-state index contributed by atoms with van der Waals surface area (Å²) >= 11 is 0. The largest absolute Gasteiger partial charge is 0.395 e. The maximum absolute atomic E-state index is 12.3. The van der Waals surface area contributed by atoms with Gasteiger partial charge in [-0.1, -0.05) is 6.42 Å². The van der Waals surface area contributed by atoms with Gasteiger partial charge in [-0.25, -0.2) is 4.72 Å². The summed E-state index contributed by atoms with van der Waals surface area (Å²) in [5.74, 6) is 0. The van der Waals surface area contributed by atoms with E-state index in [1.165, 1.54) is 4.31 Å². The Morgan fingerprint density at radius 3 is 2.53 bits per heavy atom. The number of piperidine rings is 1. The van der Waals surface area contributed by atoms with E-state index < -0.39 is 10.2 Å². The molecule has 1 atom stereocenters. The lowest BCUT2D eigenvalue weighted by molar-refractivity contribution is 0.151. The van der Waals surface area contributed by atoms with Gasteiger partial charge in [0, 0.05) is 24.7 Å². The molecule has 0 spiro atoms. The molecule has 1 fully saturated rings. The van der Waals surface area contributed by atoms with Crippen molar-refractivity contribution < 1.29 is 13.5 Å². The number of nitrogens with zero attached hydrogens (tertiary/aromatic N) is 2. The summed E-state index contributed by atoms with van der Waals surface area (Å²) in [6.45, 7) is 4.68. The summed E-state index contributed by atoms with van der Waals surface area (Å²) < 4.78 is 28.7. The van der Waals surface area contributed by atoms with Crippen LogP contribution in [0.4, 0.5) is 0 Å². The fraction of sp³-hybridized carbons (Fsp3) is 1.00. The highest BCUT2D eigenvalue weighted by Crippen LogP contribution is 2.19. The first-order valence-electron chi connectivity index (χ1n) is 6.75. The Balaban J connectivity index is 2.70. The highest BCUT2D eigenvalue weighted by atomic mass is 32.2. The van der Waals surface area contributed by atoms with Crippen LogP contribution in [0.5, 0.6) is 0 Å². The molecule has 0 aromatic rings. The van der Waals surface area contributed by atoms with E-state index in [1.807, 2.05) is 32.8 Å². The monoisotopic (exact) mass is 293 g/mol. The minimum absolute atomic E-state index is 0.113. The maximum atomic E-state index is 12.3. The van der Waals surface area contributed by atoms with E-state index in [2.05, 4.69) is 4.72 Å². The van der Waals surface area contributed by atoms with Gasteiger partial charge in [-0.15, -0.1) is 0 Å². The van der Waals surface area contributed by atoms with Crippen LogP contribution in [0.1, 0.15) is 33.1 Å². The second-order valence-corrected chi connectivity index (χ2v) is 7.68. The summed E-state index contributed by atoms with van der Waals surface area (Å²) in [5.41, 5.74) is -0.252. The first-order valence-corrected chi connectivity index (χ1v) is 8.19. The Hall–Kier alpha value is -0.210. The number of nitrogens with one attached hydrogen (secondary N) is 1. The number of rotatable bonds is 6. The van der Waals surface area contributed by atoms with Gasteiger partial charge in [-0.2, -0.15) is 12.7 Å². The first kappa shape index (κ1) is 16.8. The SMILES string of the molecule is CN(C)C(C)(C)CNS(=O)(=O)N1CCCCC1CO. The van der Waals surface area contributed by atoms with Crippen LogP contribution in [0.2, 0.25) is 0 Å². The Morgan fingerprint density at radius 1 is 1.37 bits per heavy atom. The summed E-state index contributed by atoms with van der Waals surface area (Å²) in [6.07, 6.45) is 2.56. The normalized spacial score (nSPS) is 22.9. The van der Waals surface area contributed by atoms with Crippen molar-refractivity contribution in [2.45, 2.75) is 44.7 Å². The summed E-state index contributed by atoms with van der Waals surface area (Å²) in [4.78, 5) is 1.98. The van der Waals surface area contributed by atoms with Gasteiger partial charge in [0.1, 0.15) is 0 Å². The van der Waals surface area contributed by atoms with Gasteiger partial charge in [0.15, 0.2) is 0 Å². The van der Waals surface area contributed by atoms with Crippen LogP contribution in [-0.4, -0.2) is 68.1 Å². The number of likely N-dealkylation sites (N-methyl/N-ethyl adjacent to an activating group) is 1. The molecule has 19 heavy (non-hydrogen) atoms. The van der Waals surface area contributed by atoms with Crippen LogP contribution in [0.15, 0.2) is 0 Å². The minimum Gasteiger partial charge on any atom is -0.395 e. The Kier molecular flexibility index (Phi) is 5.76. The van der Waals surface area contributed by atoms with Crippen molar-refractivity contribution in [2.75, 3.05) is 33.8 Å². The van der Waals surface area contributed by atoms with Gasteiger partial charge < -0.3 is 10.0 Å². The Bertz CT molecular complexity index is 382. The quantitative estimate of drug-likeness (QED) is 0.723. The van der Waals surface area contributed by atoms with Crippen molar-refractivity contribution in [1.82, 2.24) is 13.9 Å². The van der Waals surface area contributed by atoms with Gasteiger partial charge in [0.05, 0.1) is 6.61 Å². The molecule has 0 saturated carbocycles. The number of aliphatic hydroxyl groups excluding tert-OH is 1. The molecular weight excluding hydrogens is 266 g/mol. The van der Waals surface area contributed by atoms with Crippen molar-refractivity contribution in [3.8, 4) is 0 Å². The molecule has 6 nitrogen and oxygen atoms in total. The van der Waals surface area contributed by atoms with E-state index in [0.29, 0.717) is 13.1 Å². The lowest BCUT2D eigenvalue weighted by Crippen LogP contribution is -2.55.